The van der Waals surface area contributed by atoms with Gasteiger partial charge in [0.1, 0.15) is 29.5 Å². The first-order valence-electron chi connectivity index (χ1n) is 14.9. The number of aromatic nitrogens is 3. The number of nitrogens with zero attached hydrogens (tertiary/aromatic N) is 6. The van der Waals surface area contributed by atoms with Crippen molar-refractivity contribution in [2.75, 3.05) is 44.0 Å². The van der Waals surface area contributed by atoms with Gasteiger partial charge in [-0.15, -0.1) is 0 Å². The number of nitro groups is 1. The van der Waals surface area contributed by atoms with Crippen LogP contribution in [0.15, 0.2) is 48.6 Å². The lowest BCUT2D eigenvalue weighted by molar-refractivity contribution is -0.384. The van der Waals surface area contributed by atoms with Gasteiger partial charge in [-0.2, -0.15) is 23.1 Å². The van der Waals surface area contributed by atoms with Crippen LogP contribution in [0, 0.1) is 22.9 Å². The largest absolute Gasteiger partial charge is 0.514 e. The zero-order valence-electron chi connectivity index (χ0n) is 27.1. The second-order valence-corrected chi connectivity index (χ2v) is 11.8. The van der Waals surface area contributed by atoms with E-state index in [1.807, 2.05) is 0 Å². The van der Waals surface area contributed by atoms with E-state index >= 15 is 4.39 Å². The second kappa shape index (κ2) is 14.2. The fourth-order valence-corrected chi connectivity index (χ4v) is 5.86. The molecule has 268 valence electrons. The Morgan fingerprint density at radius 2 is 1.84 bits per heavy atom. The van der Waals surface area contributed by atoms with Crippen molar-refractivity contribution in [1.82, 2.24) is 19.9 Å². The summed E-state index contributed by atoms with van der Waals surface area (Å²) in [5, 5.41) is 10.5. The number of ether oxygens (including phenoxy) is 3. The number of rotatable bonds is 8. The second-order valence-electron chi connectivity index (χ2n) is 11.4. The molecule has 0 spiro atoms. The summed E-state index contributed by atoms with van der Waals surface area (Å²) in [6, 6.07) is 6.21. The molecule has 51 heavy (non-hydrogen) atoms. The molecule has 19 heteroatoms. The van der Waals surface area contributed by atoms with E-state index in [2.05, 4.69) is 21.5 Å². The molecule has 0 bridgehead atoms. The van der Waals surface area contributed by atoms with Gasteiger partial charge in [-0.3, -0.25) is 14.9 Å². The number of non-ortho nitro benzene ring substituents is 1. The summed E-state index contributed by atoms with van der Waals surface area (Å²) in [4.78, 5) is 50.9. The molecule has 0 aliphatic carbocycles. The normalized spacial score (nSPS) is 14.7. The summed E-state index contributed by atoms with van der Waals surface area (Å²) in [6.45, 7) is 6.48. The molecule has 2 N–H and O–H groups in total. The van der Waals surface area contributed by atoms with Crippen molar-refractivity contribution >= 4 is 51.9 Å². The summed E-state index contributed by atoms with van der Waals surface area (Å²) in [6.07, 6.45) is -6.08. The number of nitrogen functional groups attached to an aromatic ring is 1. The van der Waals surface area contributed by atoms with Crippen LogP contribution >= 0.6 is 11.6 Å². The average Bonchev–Trinajstić information content (AvgIpc) is 3.06. The van der Waals surface area contributed by atoms with Crippen molar-refractivity contribution in [2.45, 2.75) is 26.1 Å². The highest BCUT2D eigenvalue weighted by Gasteiger charge is 2.39. The minimum absolute atomic E-state index is 0.0126. The van der Waals surface area contributed by atoms with E-state index in [0.717, 1.165) is 18.2 Å². The Kier molecular flexibility index (Phi) is 10.2. The number of carbonyl (C=O) groups excluding carboxylic acids is 2. The zero-order valence-corrected chi connectivity index (χ0v) is 27.8. The lowest BCUT2D eigenvalue weighted by atomic mass is 9.98. The standard InChI is InChI=1S/C32H28ClF4N7O7/c1-15-11-22(38)39-27(24(15)32(35,36)37)23-21(33)12-20-26(25(23)34)40-30(49-4)41-28(20)43-10-9-42(13-17(43)3)29(45)16(2)14-50-31(46)51-19-7-5-18(6-8-19)44(47)48/h5-8,11-12,17H,2,9-10,13-14H2,1,3-4H3,(H2,38,39)/t17-/m0/s1. The minimum Gasteiger partial charge on any atom is -0.467 e. The van der Waals surface area contributed by atoms with E-state index in [1.54, 1.807) is 11.8 Å². The van der Waals surface area contributed by atoms with Crippen molar-refractivity contribution in [3.8, 4) is 23.0 Å². The fraction of sp³-hybridized carbons (Fsp3) is 0.281. The predicted octanol–water partition coefficient (Wildman–Crippen LogP) is 6.12. The summed E-state index contributed by atoms with van der Waals surface area (Å²) >= 11 is 6.48. The van der Waals surface area contributed by atoms with Gasteiger partial charge in [0.15, 0.2) is 5.82 Å². The maximum absolute atomic E-state index is 16.3. The van der Waals surface area contributed by atoms with E-state index in [9.17, 15) is 32.9 Å². The predicted molar refractivity (Wildman–Crippen MR) is 176 cm³/mol. The molecule has 0 saturated carbocycles. The van der Waals surface area contributed by atoms with Crippen molar-refractivity contribution in [3.05, 3.63) is 80.6 Å². The topological polar surface area (TPSA) is 176 Å². The minimum atomic E-state index is -4.91. The van der Waals surface area contributed by atoms with Gasteiger partial charge in [-0.05, 0) is 43.7 Å². The highest BCUT2D eigenvalue weighted by atomic mass is 35.5. The molecule has 1 atom stereocenters. The number of anilines is 2. The van der Waals surface area contributed by atoms with E-state index in [1.165, 1.54) is 37.1 Å². The Bertz CT molecular complexity index is 2070. The molecule has 1 aliphatic heterocycles. The number of amides is 1. The Morgan fingerprint density at radius 3 is 2.45 bits per heavy atom. The molecule has 3 heterocycles. The first-order valence-corrected chi connectivity index (χ1v) is 15.3. The molecule has 1 aliphatic rings. The molecule has 1 saturated heterocycles. The molecule has 14 nitrogen and oxygen atoms in total. The number of pyridine rings is 1. The Labute approximate surface area is 291 Å². The molecule has 0 radical (unpaired) electrons. The molecule has 5 rings (SSSR count). The van der Waals surface area contributed by atoms with Crippen LogP contribution in [0.2, 0.25) is 5.02 Å². The van der Waals surface area contributed by atoms with Gasteiger partial charge < -0.3 is 29.7 Å². The zero-order chi connectivity index (χ0) is 37.4. The van der Waals surface area contributed by atoms with E-state index in [-0.39, 0.29) is 70.8 Å². The van der Waals surface area contributed by atoms with Crippen LogP contribution in [0.3, 0.4) is 0 Å². The molecule has 1 fully saturated rings. The highest BCUT2D eigenvalue weighted by molar-refractivity contribution is 6.34. The summed E-state index contributed by atoms with van der Waals surface area (Å²) in [5.41, 5.74) is 2.15. The summed E-state index contributed by atoms with van der Waals surface area (Å²) < 4.78 is 73.9. The number of hydrogen-bond donors (Lipinski definition) is 1. The molecule has 4 aromatic rings. The van der Waals surface area contributed by atoms with Gasteiger partial charge in [-0.1, -0.05) is 18.2 Å². The number of halogens is 5. The van der Waals surface area contributed by atoms with Crippen LogP contribution in [0.5, 0.6) is 11.8 Å². The average molecular weight is 734 g/mol. The fourth-order valence-electron chi connectivity index (χ4n) is 5.57. The van der Waals surface area contributed by atoms with Gasteiger partial charge in [-0.25, -0.2) is 14.2 Å². The first-order chi connectivity index (χ1) is 24.0. The molecule has 2 aromatic carbocycles. The van der Waals surface area contributed by atoms with E-state index in [4.69, 9.17) is 31.5 Å². The van der Waals surface area contributed by atoms with E-state index in [0.29, 0.717) is 0 Å². The number of hydrogen-bond acceptors (Lipinski definition) is 12. The van der Waals surface area contributed by atoms with Gasteiger partial charge in [0.05, 0.1) is 33.9 Å². The number of benzene rings is 2. The number of carbonyl (C=O) groups is 2. The summed E-state index contributed by atoms with van der Waals surface area (Å²) in [5.74, 6) is -1.87. The third-order valence-electron chi connectivity index (χ3n) is 7.88. The van der Waals surface area contributed by atoms with Gasteiger partial charge in [0.2, 0.25) is 0 Å². The van der Waals surface area contributed by atoms with Crippen LogP contribution in [-0.2, 0) is 15.7 Å². The van der Waals surface area contributed by atoms with Gasteiger partial charge in [0, 0.05) is 48.8 Å². The lowest BCUT2D eigenvalue weighted by Crippen LogP contribution is -2.54. The Morgan fingerprint density at radius 1 is 1.16 bits per heavy atom. The third kappa shape index (κ3) is 7.54. The molecular formula is C32H28ClF4N7O7. The van der Waals surface area contributed by atoms with Crippen molar-refractivity contribution in [1.29, 1.82) is 0 Å². The first kappa shape index (κ1) is 36.5. The SMILES string of the molecule is C=C(COC(=O)Oc1ccc([N+](=O)[O-])cc1)C(=O)N1CCN(c2nc(OC)nc3c(F)c(-c4nc(N)cc(C)c4C(F)(F)F)c(Cl)cc23)[C@@H](C)C1. The van der Waals surface area contributed by atoms with Crippen molar-refractivity contribution in [2.24, 2.45) is 0 Å². The van der Waals surface area contributed by atoms with Gasteiger partial charge >= 0.3 is 18.3 Å². The summed E-state index contributed by atoms with van der Waals surface area (Å²) in [7, 11) is 1.24. The molecular weight excluding hydrogens is 706 g/mol. The van der Waals surface area contributed by atoms with Crippen molar-refractivity contribution in [3.63, 3.8) is 0 Å². The van der Waals surface area contributed by atoms with Crippen LogP contribution in [0.4, 0.5) is 39.7 Å². The maximum atomic E-state index is 16.3. The smallest absolute Gasteiger partial charge is 0.467 e. The van der Waals surface area contributed by atoms with Crippen LogP contribution < -0.4 is 20.1 Å². The van der Waals surface area contributed by atoms with Crippen LogP contribution in [0.1, 0.15) is 18.1 Å². The Hall–Kier alpha value is -5.78. The number of methoxy groups -OCH3 is 1. The quantitative estimate of drug-likeness (QED) is 0.0549. The highest BCUT2D eigenvalue weighted by Crippen LogP contribution is 2.44. The molecule has 1 amide bonds. The Balaban J connectivity index is 1.35. The van der Waals surface area contributed by atoms with Gasteiger partial charge in [0.25, 0.3) is 11.6 Å². The van der Waals surface area contributed by atoms with Crippen LogP contribution in [0.25, 0.3) is 22.2 Å². The maximum Gasteiger partial charge on any atom is 0.514 e. The monoisotopic (exact) mass is 733 g/mol. The number of alkyl halides is 3. The third-order valence-corrected chi connectivity index (χ3v) is 8.18. The number of piperazine rings is 1. The van der Waals surface area contributed by atoms with Crippen molar-refractivity contribution < 1.29 is 46.3 Å². The lowest BCUT2D eigenvalue weighted by Gasteiger charge is -2.41. The van der Waals surface area contributed by atoms with E-state index < -0.39 is 63.5 Å². The molecule has 2 aromatic heterocycles. The molecule has 0 unspecified atom stereocenters. The number of nitro benzene ring substituents is 1. The number of nitrogens with two attached hydrogens (primary N) is 1. The number of fused-ring (bicyclic) bond motifs is 1. The van der Waals surface area contributed by atoms with Crippen LogP contribution in [-0.4, -0.2) is 76.2 Å². The number of aryl methyl sites for hydroxylation is 1.